The van der Waals surface area contributed by atoms with E-state index in [1.54, 1.807) is 0 Å². The summed E-state index contributed by atoms with van der Waals surface area (Å²) in [5.74, 6) is 1.95. The smallest absolute Gasteiger partial charge is 0.119 e. The molecule has 0 amide bonds. The van der Waals surface area contributed by atoms with Gasteiger partial charge in [0.25, 0.3) is 0 Å². The molecule has 3 aliphatic rings. The molecule has 3 nitrogen and oxygen atoms in total. The number of benzene rings is 1. The summed E-state index contributed by atoms with van der Waals surface area (Å²) in [4.78, 5) is 2.59. The van der Waals surface area contributed by atoms with Gasteiger partial charge in [0.15, 0.2) is 0 Å². The molecule has 1 saturated carbocycles. The molecule has 1 N–H and O–H groups in total. The molecule has 4 rings (SSSR count). The van der Waals surface area contributed by atoms with Crippen molar-refractivity contribution < 1.29 is 4.74 Å². The van der Waals surface area contributed by atoms with Crippen molar-refractivity contribution in [3.8, 4) is 5.75 Å². The molecule has 1 unspecified atom stereocenters. The van der Waals surface area contributed by atoms with Crippen molar-refractivity contribution in [2.45, 2.75) is 51.0 Å². The highest BCUT2D eigenvalue weighted by molar-refractivity contribution is 5.40. The molecule has 0 aromatic heterocycles. The van der Waals surface area contributed by atoms with Gasteiger partial charge in [-0.15, -0.1) is 0 Å². The van der Waals surface area contributed by atoms with Crippen molar-refractivity contribution >= 4 is 0 Å². The van der Waals surface area contributed by atoms with Gasteiger partial charge in [0.2, 0.25) is 0 Å². The van der Waals surface area contributed by atoms with Crippen LogP contribution >= 0.6 is 0 Å². The standard InChI is InChI=1S/C20H30N2O/c1-2-11-22(12-3-1)13-4-14-23-18-7-8-19-17(15-18)9-10-21-20(19)16-5-6-16/h7-8,15-16,20-21H,1-6,9-14H2. The summed E-state index contributed by atoms with van der Waals surface area (Å²) in [6, 6.07) is 7.39. The van der Waals surface area contributed by atoms with Crippen LogP contribution in [0.15, 0.2) is 18.2 Å². The molecular weight excluding hydrogens is 284 g/mol. The molecule has 1 aromatic carbocycles. The Morgan fingerprint density at radius 1 is 1.13 bits per heavy atom. The molecule has 2 heterocycles. The molecule has 0 bridgehead atoms. The molecule has 0 spiro atoms. The molecule has 0 radical (unpaired) electrons. The van der Waals surface area contributed by atoms with Crippen LogP contribution in [0.1, 0.15) is 55.7 Å². The molecule has 2 aliphatic heterocycles. The second-order valence-corrected chi connectivity index (χ2v) is 7.48. The minimum atomic E-state index is 0.604. The van der Waals surface area contributed by atoms with Gasteiger partial charge < -0.3 is 15.0 Å². The summed E-state index contributed by atoms with van der Waals surface area (Å²) in [7, 11) is 0. The van der Waals surface area contributed by atoms with Crippen LogP contribution in [0.4, 0.5) is 0 Å². The minimum absolute atomic E-state index is 0.604. The van der Waals surface area contributed by atoms with Crippen LogP contribution in [0, 0.1) is 5.92 Å². The fourth-order valence-electron chi connectivity index (χ4n) is 4.18. The maximum atomic E-state index is 6.03. The number of rotatable bonds is 6. The van der Waals surface area contributed by atoms with Crippen LogP contribution in [-0.2, 0) is 6.42 Å². The average molecular weight is 314 g/mol. The molecule has 23 heavy (non-hydrogen) atoms. The molecular formula is C20H30N2O. The van der Waals surface area contributed by atoms with E-state index in [2.05, 4.69) is 28.4 Å². The van der Waals surface area contributed by atoms with Crippen LogP contribution in [0.2, 0.25) is 0 Å². The van der Waals surface area contributed by atoms with Gasteiger partial charge in [0.05, 0.1) is 6.61 Å². The highest BCUT2D eigenvalue weighted by Crippen LogP contribution is 2.43. The van der Waals surface area contributed by atoms with Crippen LogP contribution in [0.5, 0.6) is 5.75 Å². The third-order valence-electron chi connectivity index (χ3n) is 5.64. The number of hydrogen-bond acceptors (Lipinski definition) is 3. The molecule has 1 atom stereocenters. The Hall–Kier alpha value is -1.06. The van der Waals surface area contributed by atoms with Crippen molar-refractivity contribution in [3.63, 3.8) is 0 Å². The molecule has 2 fully saturated rings. The number of likely N-dealkylation sites (tertiary alicyclic amines) is 1. The summed E-state index contributed by atoms with van der Waals surface area (Å²) >= 11 is 0. The van der Waals surface area contributed by atoms with E-state index >= 15 is 0 Å². The topological polar surface area (TPSA) is 24.5 Å². The first kappa shape index (κ1) is 15.5. The fraction of sp³-hybridized carbons (Fsp3) is 0.700. The molecule has 1 saturated heterocycles. The van der Waals surface area contributed by atoms with Gasteiger partial charge in [0, 0.05) is 12.6 Å². The second kappa shape index (κ2) is 7.23. The maximum absolute atomic E-state index is 6.03. The van der Waals surface area contributed by atoms with E-state index in [1.807, 2.05) is 0 Å². The van der Waals surface area contributed by atoms with E-state index in [-0.39, 0.29) is 0 Å². The zero-order chi connectivity index (χ0) is 15.5. The van der Waals surface area contributed by atoms with Crippen LogP contribution in [0.25, 0.3) is 0 Å². The van der Waals surface area contributed by atoms with Gasteiger partial charge in [-0.25, -0.2) is 0 Å². The normalized spacial score (nSPS) is 25.1. The summed E-state index contributed by atoms with van der Waals surface area (Å²) in [6.45, 7) is 5.73. The lowest BCUT2D eigenvalue weighted by Crippen LogP contribution is -2.31. The second-order valence-electron chi connectivity index (χ2n) is 7.48. The highest BCUT2D eigenvalue weighted by Gasteiger charge is 2.34. The van der Waals surface area contributed by atoms with Crippen molar-refractivity contribution in [1.29, 1.82) is 0 Å². The van der Waals surface area contributed by atoms with Gasteiger partial charge >= 0.3 is 0 Å². The van der Waals surface area contributed by atoms with Crippen LogP contribution in [-0.4, -0.2) is 37.7 Å². The lowest BCUT2D eigenvalue weighted by molar-refractivity contribution is 0.205. The zero-order valence-electron chi connectivity index (χ0n) is 14.2. The summed E-state index contributed by atoms with van der Waals surface area (Å²) < 4.78 is 6.03. The van der Waals surface area contributed by atoms with Crippen molar-refractivity contribution in [2.75, 3.05) is 32.8 Å². The predicted molar refractivity (Wildman–Crippen MR) is 94.0 cm³/mol. The van der Waals surface area contributed by atoms with Crippen LogP contribution in [0.3, 0.4) is 0 Å². The molecule has 126 valence electrons. The van der Waals surface area contributed by atoms with E-state index in [0.717, 1.165) is 37.7 Å². The minimum Gasteiger partial charge on any atom is -0.494 e. The SMILES string of the molecule is c1cc2c(cc1OCCCN1CCCCC1)CCNC2C1CC1. The highest BCUT2D eigenvalue weighted by atomic mass is 16.5. The largest absolute Gasteiger partial charge is 0.494 e. The number of ether oxygens (including phenoxy) is 1. The Bertz CT molecular complexity index is 520. The Balaban J connectivity index is 1.28. The third kappa shape index (κ3) is 3.89. The van der Waals surface area contributed by atoms with Gasteiger partial charge in [-0.05, 0) is 87.3 Å². The Labute approximate surface area is 140 Å². The Kier molecular flexibility index (Phi) is 4.86. The lowest BCUT2D eigenvalue weighted by Gasteiger charge is -2.27. The molecule has 3 heteroatoms. The van der Waals surface area contributed by atoms with Gasteiger partial charge in [-0.1, -0.05) is 12.5 Å². The number of nitrogens with zero attached hydrogens (tertiary/aromatic N) is 1. The zero-order valence-corrected chi connectivity index (χ0v) is 14.2. The van der Waals surface area contributed by atoms with Crippen molar-refractivity contribution in [1.82, 2.24) is 10.2 Å². The summed E-state index contributed by atoms with van der Waals surface area (Å²) in [5, 5.41) is 3.70. The Morgan fingerprint density at radius 3 is 2.83 bits per heavy atom. The Morgan fingerprint density at radius 2 is 2.00 bits per heavy atom. The summed E-state index contributed by atoms with van der Waals surface area (Å²) in [6.07, 6.45) is 9.24. The van der Waals surface area contributed by atoms with E-state index in [9.17, 15) is 0 Å². The first-order valence-corrected chi connectivity index (χ1v) is 9.61. The number of fused-ring (bicyclic) bond motifs is 1. The first-order valence-electron chi connectivity index (χ1n) is 9.61. The number of piperidine rings is 1. The van der Waals surface area contributed by atoms with Crippen LogP contribution < -0.4 is 10.1 Å². The van der Waals surface area contributed by atoms with Crippen molar-refractivity contribution in [3.05, 3.63) is 29.3 Å². The van der Waals surface area contributed by atoms with E-state index in [1.165, 1.54) is 62.9 Å². The van der Waals surface area contributed by atoms with E-state index < -0.39 is 0 Å². The average Bonchev–Trinajstić information content (AvgIpc) is 3.44. The number of hydrogen-bond donors (Lipinski definition) is 1. The quantitative estimate of drug-likeness (QED) is 0.813. The van der Waals surface area contributed by atoms with Gasteiger partial charge in [-0.2, -0.15) is 0 Å². The maximum Gasteiger partial charge on any atom is 0.119 e. The van der Waals surface area contributed by atoms with Crippen molar-refractivity contribution in [2.24, 2.45) is 5.92 Å². The lowest BCUT2D eigenvalue weighted by atomic mass is 9.91. The monoisotopic (exact) mass is 314 g/mol. The summed E-state index contributed by atoms with van der Waals surface area (Å²) in [5.41, 5.74) is 3.04. The first-order chi connectivity index (χ1) is 11.4. The predicted octanol–water partition coefficient (Wildman–Crippen LogP) is 3.54. The fourth-order valence-corrected chi connectivity index (χ4v) is 4.18. The van der Waals surface area contributed by atoms with Gasteiger partial charge in [-0.3, -0.25) is 0 Å². The van der Waals surface area contributed by atoms with E-state index in [0.29, 0.717) is 6.04 Å². The van der Waals surface area contributed by atoms with Gasteiger partial charge in [0.1, 0.15) is 5.75 Å². The number of nitrogens with one attached hydrogen (secondary N) is 1. The van der Waals surface area contributed by atoms with E-state index in [4.69, 9.17) is 4.74 Å². The third-order valence-corrected chi connectivity index (χ3v) is 5.64. The molecule has 1 aliphatic carbocycles. The molecule has 1 aromatic rings.